The van der Waals surface area contributed by atoms with Gasteiger partial charge in [-0.1, -0.05) is 6.07 Å². The average molecular weight is 327 g/mol. The molecule has 0 amide bonds. The van der Waals surface area contributed by atoms with E-state index in [0.717, 1.165) is 28.8 Å². The van der Waals surface area contributed by atoms with Gasteiger partial charge in [-0.15, -0.1) is 10.2 Å². The molecule has 1 fully saturated rings. The average Bonchev–Trinajstić information content (AvgIpc) is 3.01. The van der Waals surface area contributed by atoms with Gasteiger partial charge < -0.3 is 9.30 Å². The molecule has 24 heavy (non-hydrogen) atoms. The molecule has 0 N–H and O–H groups in total. The molecule has 6 nitrogen and oxygen atoms in total. The Kier molecular flexibility index (Phi) is 3.95. The Morgan fingerprint density at radius 3 is 3.12 bits per heavy atom. The standard InChI is InChI=1S/C17H18FN5O/c1-22-11-20-21-17(22)15-10-23(5-6-24-15)9-13-8-14(18)7-12-3-2-4-19-16(12)13/h2-4,7-8,11,15H,5-6,9-10H2,1H3/t15-/m0/s1. The maximum absolute atomic E-state index is 13.9. The number of rotatable bonds is 3. The summed E-state index contributed by atoms with van der Waals surface area (Å²) in [5.74, 6) is 0.575. The minimum absolute atomic E-state index is 0.126. The van der Waals surface area contributed by atoms with Crippen molar-refractivity contribution in [2.75, 3.05) is 19.7 Å². The number of hydrogen-bond donors (Lipinski definition) is 0. The van der Waals surface area contributed by atoms with E-state index < -0.39 is 0 Å². The number of aryl methyl sites for hydroxylation is 1. The second kappa shape index (κ2) is 6.26. The summed E-state index contributed by atoms with van der Waals surface area (Å²) in [6.45, 7) is 2.72. The molecular weight excluding hydrogens is 309 g/mol. The zero-order chi connectivity index (χ0) is 16.5. The summed E-state index contributed by atoms with van der Waals surface area (Å²) in [6.07, 6.45) is 3.28. The van der Waals surface area contributed by atoms with Crippen LogP contribution >= 0.6 is 0 Å². The van der Waals surface area contributed by atoms with Gasteiger partial charge in [0.15, 0.2) is 5.82 Å². The van der Waals surface area contributed by atoms with Crippen LogP contribution in [0.1, 0.15) is 17.5 Å². The van der Waals surface area contributed by atoms with E-state index in [4.69, 9.17) is 4.74 Å². The van der Waals surface area contributed by atoms with Crippen molar-refractivity contribution >= 4 is 10.9 Å². The quantitative estimate of drug-likeness (QED) is 0.737. The summed E-state index contributed by atoms with van der Waals surface area (Å²) in [5.41, 5.74) is 1.74. The molecule has 0 saturated carbocycles. The Labute approximate surface area is 138 Å². The number of benzene rings is 1. The number of aromatic nitrogens is 4. The van der Waals surface area contributed by atoms with Crippen molar-refractivity contribution in [3.8, 4) is 0 Å². The Hall–Kier alpha value is -2.38. The fourth-order valence-electron chi connectivity index (χ4n) is 3.17. The molecule has 1 aliphatic rings. The molecule has 7 heteroatoms. The second-order valence-corrected chi connectivity index (χ2v) is 6.03. The zero-order valence-corrected chi connectivity index (χ0v) is 13.4. The van der Waals surface area contributed by atoms with Crippen LogP contribution in [0.5, 0.6) is 0 Å². The molecular formula is C17H18FN5O. The largest absolute Gasteiger partial charge is 0.368 e. The lowest BCUT2D eigenvalue weighted by Gasteiger charge is -2.32. The molecule has 0 aliphatic carbocycles. The summed E-state index contributed by atoms with van der Waals surface area (Å²) < 4.78 is 21.6. The molecule has 1 atom stereocenters. The SMILES string of the molecule is Cn1cnnc1[C@@H]1CN(Cc2cc(F)cc3cccnc23)CCO1. The number of nitrogens with zero attached hydrogens (tertiary/aromatic N) is 5. The fourth-order valence-corrected chi connectivity index (χ4v) is 3.17. The van der Waals surface area contributed by atoms with Gasteiger partial charge in [-0.05, 0) is 23.8 Å². The van der Waals surface area contributed by atoms with Crippen LogP contribution in [-0.4, -0.2) is 44.3 Å². The van der Waals surface area contributed by atoms with Crippen molar-refractivity contribution in [2.45, 2.75) is 12.6 Å². The first-order valence-electron chi connectivity index (χ1n) is 7.92. The molecule has 124 valence electrons. The number of pyridine rings is 1. The van der Waals surface area contributed by atoms with Crippen molar-refractivity contribution in [3.63, 3.8) is 0 Å². The number of ether oxygens (including phenoxy) is 1. The summed E-state index contributed by atoms with van der Waals surface area (Å²) >= 11 is 0. The number of hydrogen-bond acceptors (Lipinski definition) is 5. The van der Waals surface area contributed by atoms with Crippen molar-refractivity contribution < 1.29 is 9.13 Å². The van der Waals surface area contributed by atoms with Crippen LogP contribution in [0, 0.1) is 5.82 Å². The van der Waals surface area contributed by atoms with Crippen LogP contribution in [-0.2, 0) is 18.3 Å². The van der Waals surface area contributed by atoms with Gasteiger partial charge in [0.25, 0.3) is 0 Å². The van der Waals surface area contributed by atoms with Gasteiger partial charge in [0.05, 0.1) is 12.1 Å². The van der Waals surface area contributed by atoms with Crippen molar-refractivity contribution in [1.29, 1.82) is 0 Å². The van der Waals surface area contributed by atoms with Crippen LogP contribution in [0.3, 0.4) is 0 Å². The summed E-state index contributed by atoms with van der Waals surface area (Å²) in [4.78, 5) is 6.66. The van der Waals surface area contributed by atoms with E-state index in [1.165, 1.54) is 6.07 Å². The maximum atomic E-state index is 13.9. The van der Waals surface area contributed by atoms with Gasteiger partial charge in [0.1, 0.15) is 18.2 Å². The first kappa shape index (κ1) is 15.2. The first-order valence-corrected chi connectivity index (χ1v) is 7.92. The van der Waals surface area contributed by atoms with Crippen molar-refractivity contribution in [3.05, 3.63) is 54.0 Å². The lowest BCUT2D eigenvalue weighted by Crippen LogP contribution is -2.38. The molecule has 3 heterocycles. The smallest absolute Gasteiger partial charge is 0.163 e. The molecule has 2 aromatic heterocycles. The Bertz CT molecular complexity index is 865. The van der Waals surface area contributed by atoms with Crippen LogP contribution in [0.4, 0.5) is 4.39 Å². The monoisotopic (exact) mass is 327 g/mol. The summed E-state index contributed by atoms with van der Waals surface area (Å²) in [6, 6.07) is 6.80. The van der Waals surface area contributed by atoms with Gasteiger partial charge in [0, 0.05) is 38.3 Å². The van der Waals surface area contributed by atoms with Crippen LogP contribution in [0.25, 0.3) is 10.9 Å². The van der Waals surface area contributed by atoms with Gasteiger partial charge >= 0.3 is 0 Å². The highest BCUT2D eigenvalue weighted by Gasteiger charge is 2.26. The number of fused-ring (bicyclic) bond motifs is 1. The highest BCUT2D eigenvalue weighted by Crippen LogP contribution is 2.24. The van der Waals surface area contributed by atoms with Crippen LogP contribution in [0.15, 0.2) is 36.8 Å². The third-order valence-electron chi connectivity index (χ3n) is 4.33. The molecule has 0 bridgehead atoms. The van der Waals surface area contributed by atoms with Gasteiger partial charge in [-0.2, -0.15) is 0 Å². The van der Waals surface area contributed by atoms with Crippen molar-refractivity contribution in [1.82, 2.24) is 24.6 Å². The van der Waals surface area contributed by atoms with Crippen molar-refractivity contribution in [2.24, 2.45) is 7.05 Å². The van der Waals surface area contributed by atoms with E-state index in [0.29, 0.717) is 19.7 Å². The molecule has 1 aliphatic heterocycles. The highest BCUT2D eigenvalue weighted by molar-refractivity contribution is 5.81. The Morgan fingerprint density at radius 1 is 1.38 bits per heavy atom. The van der Waals surface area contributed by atoms with Gasteiger partial charge in [0.2, 0.25) is 0 Å². The minimum atomic E-state index is -0.233. The van der Waals surface area contributed by atoms with Crippen LogP contribution < -0.4 is 0 Å². The third-order valence-corrected chi connectivity index (χ3v) is 4.33. The number of halogens is 1. The van der Waals surface area contributed by atoms with E-state index in [-0.39, 0.29) is 11.9 Å². The number of morpholine rings is 1. The van der Waals surface area contributed by atoms with E-state index in [1.54, 1.807) is 18.6 Å². The minimum Gasteiger partial charge on any atom is -0.368 e. The normalized spacial score (nSPS) is 19.0. The predicted molar refractivity (Wildman–Crippen MR) is 86.7 cm³/mol. The lowest BCUT2D eigenvalue weighted by atomic mass is 10.1. The van der Waals surface area contributed by atoms with E-state index in [9.17, 15) is 4.39 Å². The second-order valence-electron chi connectivity index (χ2n) is 6.03. The maximum Gasteiger partial charge on any atom is 0.163 e. The fraction of sp³-hybridized carbons (Fsp3) is 0.353. The van der Waals surface area contributed by atoms with Gasteiger partial charge in [-0.3, -0.25) is 9.88 Å². The summed E-state index contributed by atoms with van der Waals surface area (Å²) in [7, 11) is 1.90. The van der Waals surface area contributed by atoms with E-state index >= 15 is 0 Å². The Morgan fingerprint density at radius 2 is 2.29 bits per heavy atom. The predicted octanol–water partition coefficient (Wildman–Crippen LogP) is 2.08. The summed E-state index contributed by atoms with van der Waals surface area (Å²) in [5, 5.41) is 8.87. The molecule has 0 unspecified atom stereocenters. The van der Waals surface area contributed by atoms with Gasteiger partial charge in [-0.25, -0.2) is 4.39 Å². The molecule has 0 spiro atoms. The molecule has 4 rings (SSSR count). The van der Waals surface area contributed by atoms with Crippen LogP contribution in [0.2, 0.25) is 0 Å². The topological polar surface area (TPSA) is 56.1 Å². The van der Waals surface area contributed by atoms with E-state index in [1.807, 2.05) is 23.7 Å². The van der Waals surface area contributed by atoms with E-state index in [2.05, 4.69) is 20.1 Å². The molecule has 1 aromatic carbocycles. The molecule has 0 radical (unpaired) electrons. The zero-order valence-electron chi connectivity index (χ0n) is 13.4. The lowest BCUT2D eigenvalue weighted by molar-refractivity contribution is -0.0384. The third kappa shape index (κ3) is 2.88. The molecule has 1 saturated heterocycles. The molecule has 3 aromatic rings. The first-order chi connectivity index (χ1) is 11.7. The highest BCUT2D eigenvalue weighted by atomic mass is 19.1. The Balaban J connectivity index is 1.58.